The Morgan fingerprint density at radius 2 is 1.65 bits per heavy atom. The lowest BCUT2D eigenvalue weighted by molar-refractivity contribution is 0.615. The molecule has 0 aliphatic heterocycles. The summed E-state index contributed by atoms with van der Waals surface area (Å²) in [6.07, 6.45) is 3.00. The SMILES string of the molecule is CC.CCC.Cc1ccc2nc(NCc3ccc([B]O)cc3)cnc2c1. The quantitative estimate of drug-likeness (QED) is 0.692. The van der Waals surface area contributed by atoms with Crippen LogP contribution >= 0.6 is 0 Å². The predicted octanol–water partition coefficient (Wildman–Crippen LogP) is 4.23. The number of anilines is 1. The van der Waals surface area contributed by atoms with Crippen LogP contribution in [0.15, 0.2) is 48.7 Å². The van der Waals surface area contributed by atoms with E-state index in [9.17, 15) is 0 Å². The van der Waals surface area contributed by atoms with Crippen LogP contribution in [0.2, 0.25) is 0 Å². The number of rotatable bonds is 4. The molecule has 5 heteroatoms. The predicted molar refractivity (Wildman–Crippen MR) is 113 cm³/mol. The van der Waals surface area contributed by atoms with Crippen LogP contribution in [0.25, 0.3) is 11.0 Å². The van der Waals surface area contributed by atoms with Gasteiger partial charge >= 0.3 is 7.48 Å². The summed E-state index contributed by atoms with van der Waals surface area (Å²) in [6, 6.07) is 13.7. The third-order valence-electron chi connectivity index (χ3n) is 3.30. The Morgan fingerprint density at radius 1 is 1.00 bits per heavy atom. The zero-order valence-electron chi connectivity index (χ0n) is 16.5. The molecular formula is C21H29BN3O. The highest BCUT2D eigenvalue weighted by atomic mass is 16.2. The van der Waals surface area contributed by atoms with E-state index in [1.807, 2.05) is 63.2 Å². The fraction of sp³-hybridized carbons (Fsp3) is 0.333. The number of hydrogen-bond acceptors (Lipinski definition) is 4. The summed E-state index contributed by atoms with van der Waals surface area (Å²) < 4.78 is 0. The molecule has 2 N–H and O–H groups in total. The van der Waals surface area contributed by atoms with Gasteiger partial charge in [0, 0.05) is 6.54 Å². The highest BCUT2D eigenvalue weighted by Crippen LogP contribution is 2.14. The number of nitrogens with one attached hydrogen (secondary N) is 1. The molecule has 2 aromatic carbocycles. The summed E-state index contributed by atoms with van der Waals surface area (Å²) in [7, 11) is 1.09. The smallest absolute Gasteiger partial charge is 0.326 e. The van der Waals surface area contributed by atoms with Crippen molar-refractivity contribution < 1.29 is 5.02 Å². The molecule has 1 aromatic heterocycles. The molecule has 0 aliphatic carbocycles. The Balaban J connectivity index is 0.000000615. The lowest BCUT2D eigenvalue weighted by Crippen LogP contribution is -2.13. The van der Waals surface area contributed by atoms with Crippen LogP contribution in [0.5, 0.6) is 0 Å². The molecule has 0 saturated carbocycles. The van der Waals surface area contributed by atoms with Crippen molar-refractivity contribution >= 4 is 29.8 Å². The van der Waals surface area contributed by atoms with Crippen LogP contribution in [0, 0.1) is 6.92 Å². The first-order chi connectivity index (χ1) is 12.7. The molecule has 3 rings (SSSR count). The molecule has 0 bridgehead atoms. The van der Waals surface area contributed by atoms with Crippen LogP contribution in [0.4, 0.5) is 5.82 Å². The highest BCUT2D eigenvalue weighted by molar-refractivity contribution is 6.45. The van der Waals surface area contributed by atoms with Gasteiger partial charge in [0.15, 0.2) is 0 Å². The van der Waals surface area contributed by atoms with Gasteiger partial charge in [-0.2, -0.15) is 0 Å². The van der Waals surface area contributed by atoms with E-state index in [4.69, 9.17) is 5.02 Å². The normalized spacial score (nSPS) is 9.46. The minimum Gasteiger partial charge on any atom is -0.450 e. The number of hydrogen-bond donors (Lipinski definition) is 2. The molecule has 3 aromatic rings. The summed E-state index contributed by atoms with van der Waals surface area (Å²) in [4.78, 5) is 8.96. The molecule has 137 valence electrons. The van der Waals surface area contributed by atoms with E-state index in [1.54, 1.807) is 6.20 Å². The van der Waals surface area contributed by atoms with Crippen LogP contribution in [-0.4, -0.2) is 22.5 Å². The average molecular weight is 350 g/mol. The lowest BCUT2D eigenvalue weighted by Gasteiger charge is -2.07. The van der Waals surface area contributed by atoms with Crippen LogP contribution < -0.4 is 10.8 Å². The fourth-order valence-electron chi connectivity index (χ4n) is 2.12. The largest absolute Gasteiger partial charge is 0.450 e. The molecule has 1 heterocycles. The summed E-state index contributed by atoms with van der Waals surface area (Å²) in [5.41, 5.74) is 4.88. The van der Waals surface area contributed by atoms with E-state index >= 15 is 0 Å². The minimum absolute atomic E-state index is 0.664. The molecule has 0 aliphatic rings. The zero-order valence-corrected chi connectivity index (χ0v) is 16.5. The van der Waals surface area contributed by atoms with Gasteiger partial charge in [-0.15, -0.1) is 0 Å². The molecule has 4 nitrogen and oxygen atoms in total. The third-order valence-corrected chi connectivity index (χ3v) is 3.30. The minimum atomic E-state index is 0.664. The molecule has 0 fully saturated rings. The summed E-state index contributed by atoms with van der Waals surface area (Å²) in [5, 5.41) is 12.2. The summed E-state index contributed by atoms with van der Waals surface area (Å²) in [6.45, 7) is 11.0. The van der Waals surface area contributed by atoms with Gasteiger partial charge in [0.25, 0.3) is 0 Å². The second kappa shape index (κ2) is 12.0. The Labute approximate surface area is 158 Å². The molecule has 0 spiro atoms. The van der Waals surface area contributed by atoms with Gasteiger partial charge in [0.1, 0.15) is 5.82 Å². The van der Waals surface area contributed by atoms with E-state index in [0.29, 0.717) is 6.54 Å². The van der Waals surface area contributed by atoms with Gasteiger partial charge in [0.2, 0.25) is 0 Å². The molecule has 0 atom stereocenters. The molecule has 26 heavy (non-hydrogen) atoms. The van der Waals surface area contributed by atoms with Crippen LogP contribution in [-0.2, 0) is 6.54 Å². The van der Waals surface area contributed by atoms with E-state index in [1.165, 1.54) is 12.0 Å². The highest BCUT2D eigenvalue weighted by Gasteiger charge is 2.01. The van der Waals surface area contributed by atoms with Crippen molar-refractivity contribution in [2.24, 2.45) is 0 Å². The first-order valence-corrected chi connectivity index (χ1v) is 9.20. The maximum absolute atomic E-state index is 8.90. The zero-order chi connectivity index (χ0) is 19.4. The van der Waals surface area contributed by atoms with E-state index < -0.39 is 0 Å². The van der Waals surface area contributed by atoms with Gasteiger partial charge in [-0.3, -0.25) is 4.98 Å². The molecule has 0 unspecified atom stereocenters. The second-order valence-corrected chi connectivity index (χ2v) is 5.68. The average Bonchev–Trinajstić information content (AvgIpc) is 2.69. The molecule has 1 radical (unpaired) electrons. The number of fused-ring (bicyclic) bond motifs is 1. The standard InChI is InChI=1S/C16H15BN3O.C3H8.C2H6/c1-11-2-7-14-15(8-11)18-10-16(20-14)19-9-12-3-5-13(17-21)6-4-12;1-3-2;1-2/h2-8,10,21H,9H2,1H3,(H,19,20);3H2,1-2H3;1-2H3. The molecule has 0 amide bonds. The maximum Gasteiger partial charge on any atom is 0.326 e. The third kappa shape index (κ3) is 6.85. The van der Waals surface area contributed by atoms with Crippen molar-refractivity contribution in [2.75, 3.05) is 5.32 Å². The van der Waals surface area contributed by atoms with E-state index in [0.717, 1.165) is 35.4 Å². The number of nitrogens with zero attached hydrogens (tertiary/aromatic N) is 2. The molecular weight excluding hydrogens is 321 g/mol. The van der Waals surface area contributed by atoms with E-state index in [-0.39, 0.29) is 0 Å². The van der Waals surface area contributed by atoms with Crippen molar-refractivity contribution in [3.8, 4) is 0 Å². The van der Waals surface area contributed by atoms with Gasteiger partial charge in [0.05, 0.1) is 17.2 Å². The van der Waals surface area contributed by atoms with Crippen molar-refractivity contribution in [2.45, 2.75) is 47.6 Å². The Kier molecular flexibility index (Phi) is 10.0. The maximum atomic E-state index is 8.90. The van der Waals surface area contributed by atoms with Gasteiger partial charge < -0.3 is 10.3 Å². The topological polar surface area (TPSA) is 58.0 Å². The number of aryl methyl sites for hydroxylation is 1. The number of aromatic nitrogens is 2. The van der Waals surface area contributed by atoms with Gasteiger partial charge in [-0.05, 0) is 30.2 Å². The van der Waals surface area contributed by atoms with E-state index in [2.05, 4.69) is 29.1 Å². The Bertz CT molecular complexity index is 776. The Morgan fingerprint density at radius 3 is 2.27 bits per heavy atom. The lowest BCUT2D eigenvalue weighted by atomic mass is 9.88. The van der Waals surface area contributed by atoms with Crippen molar-refractivity contribution in [1.82, 2.24) is 9.97 Å². The fourth-order valence-corrected chi connectivity index (χ4v) is 2.12. The van der Waals surface area contributed by atoms with Gasteiger partial charge in [-0.1, -0.05) is 69.9 Å². The first-order valence-electron chi connectivity index (χ1n) is 9.20. The van der Waals surface area contributed by atoms with Crippen LogP contribution in [0.1, 0.15) is 45.2 Å². The monoisotopic (exact) mass is 350 g/mol. The Hall–Kier alpha value is -2.40. The first kappa shape index (κ1) is 21.6. The van der Waals surface area contributed by atoms with Crippen LogP contribution in [0.3, 0.4) is 0 Å². The molecule has 0 saturated heterocycles. The number of benzene rings is 2. The van der Waals surface area contributed by atoms with Gasteiger partial charge in [-0.25, -0.2) is 4.98 Å². The summed E-state index contributed by atoms with van der Waals surface area (Å²) >= 11 is 0. The van der Waals surface area contributed by atoms with Crippen molar-refractivity contribution in [3.63, 3.8) is 0 Å². The van der Waals surface area contributed by atoms with Crippen molar-refractivity contribution in [3.05, 3.63) is 59.8 Å². The van der Waals surface area contributed by atoms with Crippen molar-refractivity contribution in [1.29, 1.82) is 0 Å². The second-order valence-electron chi connectivity index (χ2n) is 5.68. The summed E-state index contributed by atoms with van der Waals surface area (Å²) in [5.74, 6) is 0.754.